The van der Waals surface area contributed by atoms with Gasteiger partial charge in [0.05, 0.1) is 33.3 Å². The lowest BCUT2D eigenvalue weighted by atomic mass is 9.80. The number of amidine groups is 1. The summed E-state index contributed by atoms with van der Waals surface area (Å²) in [5.41, 5.74) is -0.00600. The molecule has 1 amide bonds. The van der Waals surface area contributed by atoms with E-state index in [0.29, 0.717) is 32.4 Å². The minimum atomic E-state index is -0.659. The highest BCUT2D eigenvalue weighted by atomic mass is 35.5. The third-order valence-corrected chi connectivity index (χ3v) is 7.17. The molecule has 4 rings (SSSR count). The highest BCUT2D eigenvalue weighted by molar-refractivity contribution is 7.80. The summed E-state index contributed by atoms with van der Waals surface area (Å²) in [4.78, 5) is 29.1. The summed E-state index contributed by atoms with van der Waals surface area (Å²) in [6, 6.07) is 8.64. The average molecular weight is 552 g/mol. The number of nitrogens with one attached hydrogen (secondary N) is 2. The van der Waals surface area contributed by atoms with E-state index in [1.807, 2.05) is 0 Å². The van der Waals surface area contributed by atoms with Crippen LogP contribution in [0.3, 0.4) is 0 Å². The van der Waals surface area contributed by atoms with Crippen LogP contribution in [0.1, 0.15) is 32.1 Å². The summed E-state index contributed by atoms with van der Waals surface area (Å²) >= 11 is 17.4. The molecule has 1 aliphatic carbocycles. The molecular weight excluding hydrogens is 529 g/mol. The standard InChI is InChI=1S/C23H23Cl2N5O5S/c24-16-6-4-14(12-17(16)25)27-22(32)35-11-10-26-20-23(8-2-1-3-9-23)29(21(36)28-20)18-7-5-15(30(33)34)13-19(18)31/h4-7,12-13,31H,1-3,8-11H2,(H,27,32)(H,26,28,36). The van der Waals surface area contributed by atoms with E-state index in [1.165, 1.54) is 18.2 Å². The Bertz CT molecular complexity index is 1240. The number of aromatic hydroxyl groups is 1. The first-order chi connectivity index (χ1) is 17.2. The number of benzene rings is 2. The Morgan fingerprint density at radius 1 is 1.22 bits per heavy atom. The van der Waals surface area contributed by atoms with Crippen LogP contribution in [0.15, 0.2) is 41.4 Å². The second-order valence-corrected chi connectivity index (χ2v) is 9.61. The summed E-state index contributed by atoms with van der Waals surface area (Å²) < 4.78 is 5.23. The largest absolute Gasteiger partial charge is 0.505 e. The van der Waals surface area contributed by atoms with Crippen molar-refractivity contribution in [3.63, 3.8) is 0 Å². The van der Waals surface area contributed by atoms with E-state index in [-0.39, 0.29) is 24.6 Å². The number of anilines is 2. The van der Waals surface area contributed by atoms with E-state index in [2.05, 4.69) is 15.6 Å². The maximum Gasteiger partial charge on any atom is 0.411 e. The van der Waals surface area contributed by atoms with Crippen molar-refractivity contribution in [3.8, 4) is 5.75 Å². The van der Waals surface area contributed by atoms with E-state index in [1.54, 1.807) is 17.0 Å². The van der Waals surface area contributed by atoms with Gasteiger partial charge < -0.3 is 20.1 Å². The molecule has 13 heteroatoms. The van der Waals surface area contributed by atoms with E-state index >= 15 is 0 Å². The Morgan fingerprint density at radius 2 is 1.97 bits per heavy atom. The van der Waals surface area contributed by atoms with Crippen molar-refractivity contribution >= 4 is 69.5 Å². The number of hydrogen-bond donors (Lipinski definition) is 3. The van der Waals surface area contributed by atoms with Gasteiger partial charge in [0.2, 0.25) is 0 Å². The predicted molar refractivity (Wildman–Crippen MR) is 143 cm³/mol. The van der Waals surface area contributed by atoms with E-state index < -0.39 is 16.6 Å². The molecule has 1 saturated heterocycles. The Labute approximate surface area is 222 Å². The topological polar surface area (TPSA) is 129 Å². The van der Waals surface area contributed by atoms with Crippen LogP contribution in [0.2, 0.25) is 10.0 Å². The molecule has 1 aliphatic heterocycles. The van der Waals surface area contributed by atoms with Crippen LogP contribution in [0.25, 0.3) is 0 Å². The van der Waals surface area contributed by atoms with Crippen molar-refractivity contribution in [1.82, 2.24) is 5.32 Å². The summed E-state index contributed by atoms with van der Waals surface area (Å²) in [5, 5.41) is 28.4. The number of ether oxygens (including phenoxy) is 1. The predicted octanol–water partition coefficient (Wildman–Crippen LogP) is 5.65. The Morgan fingerprint density at radius 3 is 2.64 bits per heavy atom. The summed E-state index contributed by atoms with van der Waals surface area (Å²) in [6.45, 7) is 0.200. The Balaban J connectivity index is 1.47. The second-order valence-electron chi connectivity index (χ2n) is 8.41. The molecule has 1 saturated carbocycles. The molecule has 0 unspecified atom stereocenters. The number of aliphatic imine (C=N–C) groups is 1. The normalized spacial score (nSPS) is 17.8. The van der Waals surface area contributed by atoms with Gasteiger partial charge in [0.15, 0.2) is 5.11 Å². The number of nitro benzene ring substituents is 1. The molecule has 0 atom stereocenters. The molecule has 0 aromatic heterocycles. The molecule has 36 heavy (non-hydrogen) atoms. The van der Waals surface area contributed by atoms with Gasteiger partial charge >= 0.3 is 6.09 Å². The minimum absolute atomic E-state index is 0.0178. The van der Waals surface area contributed by atoms with Crippen LogP contribution in [-0.2, 0) is 4.74 Å². The molecule has 190 valence electrons. The fourth-order valence-electron chi connectivity index (χ4n) is 4.54. The molecule has 2 aliphatic rings. The van der Waals surface area contributed by atoms with Crippen LogP contribution in [-0.4, -0.2) is 45.8 Å². The van der Waals surface area contributed by atoms with E-state index in [4.69, 9.17) is 40.2 Å². The summed E-state index contributed by atoms with van der Waals surface area (Å²) in [5.74, 6) is 0.389. The number of carbonyl (C=O) groups excluding carboxylic acids is 1. The zero-order valence-electron chi connectivity index (χ0n) is 19.0. The molecule has 10 nitrogen and oxygen atoms in total. The van der Waals surface area contributed by atoms with E-state index in [9.17, 15) is 20.0 Å². The van der Waals surface area contributed by atoms with Crippen molar-refractivity contribution in [2.24, 2.45) is 4.99 Å². The molecule has 3 N–H and O–H groups in total. The number of halogens is 2. The fraction of sp³-hybridized carbons (Fsp3) is 0.348. The van der Waals surface area contributed by atoms with Gasteiger partial charge in [-0.3, -0.25) is 20.4 Å². The van der Waals surface area contributed by atoms with Crippen molar-refractivity contribution in [3.05, 3.63) is 56.6 Å². The lowest BCUT2D eigenvalue weighted by Gasteiger charge is -2.41. The monoisotopic (exact) mass is 551 g/mol. The number of non-ortho nitro benzene ring substituents is 1. The zero-order valence-corrected chi connectivity index (χ0v) is 21.3. The minimum Gasteiger partial charge on any atom is -0.505 e. The van der Waals surface area contributed by atoms with Crippen molar-refractivity contribution < 1.29 is 19.6 Å². The van der Waals surface area contributed by atoms with Crippen molar-refractivity contribution in [2.75, 3.05) is 23.4 Å². The van der Waals surface area contributed by atoms with Gasteiger partial charge in [0.25, 0.3) is 5.69 Å². The van der Waals surface area contributed by atoms with Crippen LogP contribution >= 0.6 is 35.4 Å². The van der Waals surface area contributed by atoms with Crippen molar-refractivity contribution in [2.45, 2.75) is 37.6 Å². The number of nitro groups is 1. The molecular formula is C23H23Cl2N5O5S. The maximum absolute atomic E-state index is 12.1. The highest BCUT2D eigenvalue weighted by Crippen LogP contribution is 2.44. The fourth-order valence-corrected chi connectivity index (χ4v) is 5.20. The van der Waals surface area contributed by atoms with Crippen LogP contribution < -0.4 is 15.5 Å². The second kappa shape index (κ2) is 10.9. The van der Waals surface area contributed by atoms with Gasteiger partial charge in [0.1, 0.15) is 23.7 Å². The van der Waals surface area contributed by atoms with Crippen LogP contribution in [0, 0.1) is 10.1 Å². The third kappa shape index (κ3) is 5.32. The van der Waals surface area contributed by atoms with Gasteiger partial charge in [0, 0.05) is 11.8 Å². The lowest BCUT2D eigenvalue weighted by Crippen LogP contribution is -2.51. The molecule has 2 fully saturated rings. The van der Waals surface area contributed by atoms with E-state index in [0.717, 1.165) is 38.2 Å². The SMILES string of the molecule is O=C(Nc1ccc(Cl)c(Cl)c1)OCCN=C1NC(=S)N(c2ccc([N+](=O)[O-])cc2O)C12CCCCC2. The molecule has 1 heterocycles. The highest BCUT2D eigenvalue weighted by Gasteiger charge is 2.50. The number of amides is 1. The first kappa shape index (κ1) is 25.9. The van der Waals surface area contributed by atoms with Crippen molar-refractivity contribution in [1.29, 1.82) is 0 Å². The van der Waals surface area contributed by atoms with Gasteiger partial charge in [-0.15, -0.1) is 0 Å². The summed E-state index contributed by atoms with van der Waals surface area (Å²) in [7, 11) is 0. The maximum atomic E-state index is 12.1. The number of phenolic OH excluding ortho intramolecular Hbond substituents is 1. The van der Waals surface area contributed by atoms with Gasteiger partial charge in [-0.05, 0) is 49.3 Å². The number of nitrogens with zero attached hydrogens (tertiary/aromatic N) is 3. The molecule has 2 aromatic rings. The lowest BCUT2D eigenvalue weighted by molar-refractivity contribution is -0.384. The first-order valence-electron chi connectivity index (χ1n) is 11.2. The van der Waals surface area contributed by atoms with Gasteiger partial charge in [-0.2, -0.15) is 0 Å². The third-order valence-electron chi connectivity index (χ3n) is 6.15. The number of rotatable bonds is 6. The smallest absolute Gasteiger partial charge is 0.411 e. The molecule has 1 spiro atoms. The van der Waals surface area contributed by atoms with Gasteiger partial charge in [-0.25, -0.2) is 4.79 Å². The Hall–Kier alpha value is -3.15. The Kier molecular flexibility index (Phi) is 7.82. The number of carbonyl (C=O) groups is 1. The molecule has 0 bridgehead atoms. The first-order valence-corrected chi connectivity index (χ1v) is 12.4. The molecule has 0 radical (unpaired) electrons. The zero-order chi connectivity index (χ0) is 25.9. The van der Waals surface area contributed by atoms with Crippen LogP contribution in [0.4, 0.5) is 21.9 Å². The summed E-state index contributed by atoms with van der Waals surface area (Å²) in [6.07, 6.45) is 3.71. The molecule has 2 aromatic carbocycles. The number of thiocarbonyl (C=S) groups is 1. The van der Waals surface area contributed by atoms with Gasteiger partial charge in [-0.1, -0.05) is 42.5 Å². The average Bonchev–Trinajstić information content (AvgIpc) is 3.09. The number of hydrogen-bond acceptors (Lipinski definition) is 7. The quantitative estimate of drug-likeness (QED) is 0.181. The van der Waals surface area contributed by atoms with Crippen LogP contribution in [0.5, 0.6) is 5.75 Å². The number of phenols is 1.